The van der Waals surface area contributed by atoms with Gasteiger partial charge in [0.1, 0.15) is 6.26 Å². The molecule has 0 saturated heterocycles. The first-order chi connectivity index (χ1) is 6.70. The highest BCUT2D eigenvalue weighted by Crippen LogP contribution is 2.01. The van der Waals surface area contributed by atoms with Crippen molar-refractivity contribution in [1.29, 1.82) is 0 Å². The third-order valence-electron chi connectivity index (χ3n) is 1.70. The lowest BCUT2D eigenvalue weighted by molar-refractivity contribution is 0.560. The maximum absolute atomic E-state index is 12.8. The van der Waals surface area contributed by atoms with Crippen LogP contribution < -0.4 is 11.2 Å². The highest BCUT2D eigenvalue weighted by Gasteiger charge is 2.08. The molecular formula is C8H5FN2O3. The quantitative estimate of drug-likeness (QED) is 0.711. The van der Waals surface area contributed by atoms with Crippen LogP contribution in [-0.4, -0.2) is 9.55 Å². The minimum atomic E-state index is -1.02. The van der Waals surface area contributed by atoms with E-state index in [0.717, 1.165) is 6.20 Å². The summed E-state index contributed by atoms with van der Waals surface area (Å²) in [5.74, 6) is -1.02. The average molecular weight is 196 g/mol. The van der Waals surface area contributed by atoms with Gasteiger partial charge in [-0.05, 0) is 0 Å². The van der Waals surface area contributed by atoms with E-state index in [1.165, 1.54) is 18.6 Å². The smallest absolute Gasteiger partial charge is 0.333 e. The Bertz CT molecular complexity index is 553. The molecule has 2 aromatic rings. The average Bonchev–Trinajstić information content (AvgIpc) is 2.65. The van der Waals surface area contributed by atoms with Gasteiger partial charge >= 0.3 is 5.69 Å². The lowest BCUT2D eigenvalue weighted by Crippen LogP contribution is -2.34. The molecule has 0 spiro atoms. The summed E-state index contributed by atoms with van der Waals surface area (Å²) in [7, 11) is 0. The van der Waals surface area contributed by atoms with Gasteiger partial charge in [0.05, 0.1) is 12.0 Å². The summed E-state index contributed by atoms with van der Waals surface area (Å²) in [6.45, 7) is 0. The molecular weight excluding hydrogens is 191 g/mol. The first-order valence-corrected chi connectivity index (χ1v) is 3.73. The van der Waals surface area contributed by atoms with E-state index in [2.05, 4.69) is 9.40 Å². The van der Waals surface area contributed by atoms with Gasteiger partial charge in [0.15, 0.2) is 0 Å². The van der Waals surface area contributed by atoms with Crippen LogP contribution in [0.1, 0.15) is 0 Å². The van der Waals surface area contributed by atoms with Crippen molar-refractivity contribution in [2.45, 2.75) is 0 Å². The third-order valence-corrected chi connectivity index (χ3v) is 1.70. The van der Waals surface area contributed by atoms with E-state index < -0.39 is 17.1 Å². The summed E-state index contributed by atoms with van der Waals surface area (Å²) in [5.41, 5.74) is -1.52. The van der Waals surface area contributed by atoms with Crippen molar-refractivity contribution in [2.24, 2.45) is 0 Å². The summed E-state index contributed by atoms with van der Waals surface area (Å²) in [5, 5.41) is 0. The summed E-state index contributed by atoms with van der Waals surface area (Å²) in [6.07, 6.45) is 3.18. The molecule has 2 aromatic heterocycles. The van der Waals surface area contributed by atoms with E-state index in [9.17, 15) is 14.0 Å². The number of halogens is 1. The van der Waals surface area contributed by atoms with Gasteiger partial charge in [-0.1, -0.05) is 0 Å². The highest BCUT2D eigenvalue weighted by atomic mass is 19.1. The zero-order valence-electron chi connectivity index (χ0n) is 6.86. The molecule has 6 heteroatoms. The fourth-order valence-electron chi connectivity index (χ4n) is 1.07. The van der Waals surface area contributed by atoms with Crippen molar-refractivity contribution in [2.75, 3.05) is 0 Å². The Morgan fingerprint density at radius 1 is 1.43 bits per heavy atom. The van der Waals surface area contributed by atoms with E-state index in [1.54, 1.807) is 0 Å². The number of nitrogens with one attached hydrogen (secondary N) is 1. The fraction of sp³-hybridized carbons (Fsp3) is 0. The minimum absolute atomic E-state index is 0.191. The molecule has 0 radical (unpaired) electrons. The molecule has 72 valence electrons. The second-order valence-electron chi connectivity index (χ2n) is 2.56. The van der Waals surface area contributed by atoms with Gasteiger partial charge < -0.3 is 9.40 Å². The SMILES string of the molecule is O=c1[nH]cc(F)c(=O)n1-c1ccoc1. The van der Waals surface area contributed by atoms with Crippen molar-refractivity contribution in [1.82, 2.24) is 9.55 Å². The van der Waals surface area contributed by atoms with Gasteiger partial charge in [0.25, 0.3) is 5.56 Å². The van der Waals surface area contributed by atoms with E-state index >= 15 is 0 Å². The van der Waals surface area contributed by atoms with E-state index in [1.807, 2.05) is 0 Å². The van der Waals surface area contributed by atoms with Crippen LogP contribution in [0.3, 0.4) is 0 Å². The van der Waals surface area contributed by atoms with Gasteiger partial charge in [0.2, 0.25) is 5.82 Å². The second kappa shape index (κ2) is 2.99. The molecule has 0 aliphatic heterocycles. The molecule has 1 N–H and O–H groups in total. The van der Waals surface area contributed by atoms with Gasteiger partial charge in [-0.2, -0.15) is 4.39 Å². The lowest BCUT2D eigenvalue weighted by Gasteiger charge is -1.98. The second-order valence-corrected chi connectivity index (χ2v) is 2.56. The monoisotopic (exact) mass is 196 g/mol. The normalized spacial score (nSPS) is 10.4. The number of rotatable bonds is 1. The van der Waals surface area contributed by atoms with Crippen molar-refractivity contribution in [3.63, 3.8) is 0 Å². The number of nitrogens with zero attached hydrogens (tertiary/aromatic N) is 1. The predicted octanol–water partition coefficient (Wildman–Crippen LogP) is 0.258. The van der Waals surface area contributed by atoms with Crippen molar-refractivity contribution in [3.8, 4) is 5.69 Å². The zero-order chi connectivity index (χ0) is 10.1. The number of hydrogen-bond donors (Lipinski definition) is 1. The Labute approximate surface area is 76.4 Å². The molecule has 0 aromatic carbocycles. The fourth-order valence-corrected chi connectivity index (χ4v) is 1.07. The zero-order valence-corrected chi connectivity index (χ0v) is 6.86. The van der Waals surface area contributed by atoms with Gasteiger partial charge in [-0.15, -0.1) is 0 Å². The van der Waals surface area contributed by atoms with Crippen LogP contribution in [0, 0.1) is 5.82 Å². The Kier molecular flexibility index (Phi) is 1.81. The number of aromatic amines is 1. The first-order valence-electron chi connectivity index (χ1n) is 3.73. The molecule has 0 aliphatic carbocycles. The maximum Gasteiger partial charge on any atom is 0.333 e. The Morgan fingerprint density at radius 3 is 2.86 bits per heavy atom. The summed E-state index contributed by atoms with van der Waals surface area (Å²) < 4.78 is 18.2. The first kappa shape index (κ1) is 8.49. The molecule has 0 fully saturated rings. The van der Waals surface area contributed by atoms with Crippen LogP contribution >= 0.6 is 0 Å². The highest BCUT2D eigenvalue weighted by molar-refractivity contribution is 5.25. The summed E-state index contributed by atoms with van der Waals surface area (Å²) in [6, 6.07) is 1.38. The minimum Gasteiger partial charge on any atom is -0.470 e. The molecule has 0 unspecified atom stereocenters. The molecule has 2 heterocycles. The molecule has 0 saturated carbocycles. The molecule has 0 amide bonds. The van der Waals surface area contributed by atoms with Crippen LogP contribution in [0.2, 0.25) is 0 Å². The molecule has 5 nitrogen and oxygen atoms in total. The Balaban J connectivity index is 2.82. The topological polar surface area (TPSA) is 68.0 Å². The Hall–Kier alpha value is -2.11. The molecule has 0 atom stereocenters. The Morgan fingerprint density at radius 2 is 2.21 bits per heavy atom. The number of hydrogen-bond acceptors (Lipinski definition) is 3. The van der Waals surface area contributed by atoms with Gasteiger partial charge in [-0.3, -0.25) is 4.79 Å². The van der Waals surface area contributed by atoms with Crippen molar-refractivity contribution >= 4 is 0 Å². The third kappa shape index (κ3) is 1.17. The maximum atomic E-state index is 12.8. The van der Waals surface area contributed by atoms with Crippen LogP contribution in [0.5, 0.6) is 0 Å². The predicted molar refractivity (Wildman–Crippen MR) is 44.9 cm³/mol. The van der Waals surface area contributed by atoms with Gasteiger partial charge in [0, 0.05) is 12.3 Å². The van der Waals surface area contributed by atoms with Crippen LogP contribution in [0.25, 0.3) is 5.69 Å². The van der Waals surface area contributed by atoms with E-state index in [-0.39, 0.29) is 5.69 Å². The molecule has 14 heavy (non-hydrogen) atoms. The lowest BCUT2D eigenvalue weighted by atomic mass is 10.5. The number of H-pyrrole nitrogens is 1. The van der Waals surface area contributed by atoms with Crippen LogP contribution in [-0.2, 0) is 0 Å². The van der Waals surface area contributed by atoms with Crippen molar-refractivity contribution in [3.05, 3.63) is 51.4 Å². The van der Waals surface area contributed by atoms with Gasteiger partial charge in [-0.25, -0.2) is 9.36 Å². The molecule has 0 aliphatic rings. The molecule has 0 bridgehead atoms. The number of furan rings is 1. The van der Waals surface area contributed by atoms with Crippen LogP contribution in [0.4, 0.5) is 4.39 Å². The van der Waals surface area contributed by atoms with E-state index in [4.69, 9.17) is 0 Å². The van der Waals surface area contributed by atoms with Crippen LogP contribution in [0.15, 0.2) is 38.8 Å². The number of aromatic nitrogens is 2. The van der Waals surface area contributed by atoms with Crippen molar-refractivity contribution < 1.29 is 8.81 Å². The van der Waals surface area contributed by atoms with E-state index in [0.29, 0.717) is 4.57 Å². The summed E-state index contributed by atoms with van der Waals surface area (Å²) in [4.78, 5) is 24.5. The summed E-state index contributed by atoms with van der Waals surface area (Å²) >= 11 is 0. The molecule has 2 rings (SSSR count). The standard InChI is InChI=1S/C8H5FN2O3/c9-6-3-10-8(13)11(7(6)12)5-1-2-14-4-5/h1-4H,(H,10,13). The largest absolute Gasteiger partial charge is 0.470 e.